The van der Waals surface area contributed by atoms with Gasteiger partial charge in [0.05, 0.1) is 0 Å². The molecule has 1 aromatic rings. The van der Waals surface area contributed by atoms with Gasteiger partial charge in [-0.1, -0.05) is 30.3 Å². The molecule has 118 valence electrons. The fourth-order valence-corrected chi connectivity index (χ4v) is 1.15. The second-order valence-electron chi connectivity index (χ2n) is 7.20. The van der Waals surface area contributed by atoms with E-state index in [1.807, 2.05) is 0 Å². The van der Waals surface area contributed by atoms with Crippen molar-refractivity contribution in [3.8, 4) is 0 Å². The number of hydrogen-bond acceptors (Lipinski definition) is 3. The molecule has 0 saturated heterocycles. The van der Waals surface area contributed by atoms with Gasteiger partial charge in [0, 0.05) is 67.8 Å². The van der Waals surface area contributed by atoms with E-state index in [9.17, 15) is 14.4 Å². The van der Waals surface area contributed by atoms with Gasteiger partial charge in [-0.3, -0.25) is 0 Å². The number of hydrogen-bond donors (Lipinski definition) is 0. The summed E-state index contributed by atoms with van der Waals surface area (Å²) in [5.74, 6) is 0. The van der Waals surface area contributed by atoms with Crippen LogP contribution in [0.25, 0.3) is 0 Å². The van der Waals surface area contributed by atoms with E-state index >= 15 is 0 Å². The van der Waals surface area contributed by atoms with Crippen LogP contribution < -0.4 is 15.1 Å². The predicted octanol–water partition coefficient (Wildman–Crippen LogP) is 2.27. The maximum absolute atomic E-state index is 10.3. The monoisotopic (exact) mass is 338 g/mol. The van der Waals surface area contributed by atoms with Gasteiger partial charge in [-0.2, -0.15) is 0 Å². The fraction of sp³-hybridized carbons (Fsp3) is 0.571. The molecular formula is C14H29O3P3. The Morgan fingerprint density at radius 1 is 0.750 bits per heavy atom. The number of benzene rings is 1. The lowest BCUT2D eigenvalue weighted by molar-refractivity contribution is -0.307. The van der Waals surface area contributed by atoms with Crippen molar-refractivity contribution in [3.05, 3.63) is 30.3 Å². The maximum Gasteiger partial charge on any atom is 0.0481 e. The predicted molar refractivity (Wildman–Crippen MR) is 94.9 cm³/mol. The van der Waals surface area contributed by atoms with Gasteiger partial charge >= 0.3 is 0 Å². The van der Waals surface area contributed by atoms with E-state index in [-0.39, 0.29) is 19.8 Å². The molecule has 0 bridgehead atoms. The molecule has 6 heteroatoms. The topological polar surface area (TPSA) is 63.2 Å². The van der Waals surface area contributed by atoms with E-state index < -0.39 is 7.60 Å². The minimum absolute atomic E-state index is 0.157. The molecule has 0 fully saturated rings. The van der Waals surface area contributed by atoms with Gasteiger partial charge in [0.1, 0.15) is 0 Å². The van der Waals surface area contributed by atoms with E-state index in [1.165, 1.54) is 24.3 Å². The molecule has 0 unspecified atom stereocenters. The molecule has 0 spiro atoms. The first-order valence-electron chi connectivity index (χ1n) is 6.26. The van der Waals surface area contributed by atoms with Gasteiger partial charge in [-0.05, 0) is 12.9 Å². The Morgan fingerprint density at radius 2 is 1.00 bits per heavy atom. The van der Waals surface area contributed by atoms with Gasteiger partial charge < -0.3 is 14.4 Å². The Morgan fingerprint density at radius 3 is 1.15 bits per heavy atom. The zero-order valence-electron chi connectivity index (χ0n) is 14.0. The largest absolute Gasteiger partial charge is 0.807 e. The van der Waals surface area contributed by atoms with E-state index in [0.717, 1.165) is 0 Å². The Kier molecular flexibility index (Phi) is 10.5. The van der Waals surface area contributed by atoms with Crippen LogP contribution in [0.1, 0.15) is 0 Å². The van der Waals surface area contributed by atoms with Crippen molar-refractivity contribution in [1.82, 2.24) is 0 Å². The highest BCUT2D eigenvalue weighted by Gasteiger charge is 2.03. The fourth-order valence-electron chi connectivity index (χ4n) is 0.611. The quantitative estimate of drug-likeness (QED) is 0.738. The van der Waals surface area contributed by atoms with Crippen molar-refractivity contribution in [3.63, 3.8) is 0 Å². The molecule has 1 aromatic carbocycles. The van der Waals surface area contributed by atoms with Crippen molar-refractivity contribution in [1.29, 1.82) is 0 Å². The van der Waals surface area contributed by atoms with Crippen LogP contribution in [0, 0.1) is 0 Å². The second-order valence-corrected chi connectivity index (χ2v) is 19.4. The van der Waals surface area contributed by atoms with Crippen molar-refractivity contribution in [2.45, 2.75) is 0 Å². The molecule has 0 aliphatic rings. The molecule has 0 atom stereocenters. The third-order valence-electron chi connectivity index (χ3n) is 1.07. The van der Waals surface area contributed by atoms with E-state index in [1.54, 1.807) is 6.07 Å². The third-order valence-corrected chi connectivity index (χ3v) is 2.00. The van der Waals surface area contributed by atoms with Gasteiger partial charge in [0.15, 0.2) is 0 Å². The summed E-state index contributed by atoms with van der Waals surface area (Å²) in [5, 5.41) is -0.157. The number of rotatable bonds is 1. The summed E-state index contributed by atoms with van der Waals surface area (Å²) in [7, 11) is -5.30. The first-order chi connectivity index (χ1) is 8.61. The minimum Gasteiger partial charge on any atom is -0.807 e. The Balaban J connectivity index is 0. The van der Waals surface area contributed by atoms with Crippen LogP contribution >= 0.6 is 22.1 Å². The summed E-state index contributed by atoms with van der Waals surface area (Å²) in [5.41, 5.74) is 0. The standard InChI is InChI=1S/C6H7O3P.2C4H12P/c7-10(8,9)6-4-2-1-3-5-6;2*1-5(2,3)4/h1-5H,(H2,7,8,9);2*1-4H3/q;2*+1/p-2. The van der Waals surface area contributed by atoms with E-state index in [2.05, 4.69) is 53.3 Å². The third kappa shape index (κ3) is 26.7. The van der Waals surface area contributed by atoms with E-state index in [4.69, 9.17) is 0 Å². The molecule has 0 aliphatic carbocycles. The summed E-state index contributed by atoms with van der Waals surface area (Å²) < 4.78 is 10.3. The Bertz CT molecular complexity index is 376. The highest BCUT2D eigenvalue weighted by atomic mass is 31.2. The minimum atomic E-state index is -4.52. The highest BCUT2D eigenvalue weighted by Crippen LogP contribution is 2.40. The first-order valence-corrected chi connectivity index (χ1v) is 15.0. The van der Waals surface area contributed by atoms with Crippen LogP contribution in [-0.4, -0.2) is 53.3 Å². The Hall–Kier alpha value is 0.230. The average Bonchev–Trinajstić information content (AvgIpc) is 2.12. The van der Waals surface area contributed by atoms with Crippen LogP contribution in [0.15, 0.2) is 30.3 Å². The molecule has 0 N–H and O–H groups in total. The molecule has 0 saturated carbocycles. The molecule has 0 aromatic heterocycles. The van der Waals surface area contributed by atoms with Crippen molar-refractivity contribution < 1.29 is 14.4 Å². The molecule has 0 heterocycles. The Labute approximate surface area is 126 Å². The molecule has 3 nitrogen and oxygen atoms in total. The highest BCUT2D eigenvalue weighted by molar-refractivity contribution is 7.73. The molecule has 0 radical (unpaired) electrons. The van der Waals surface area contributed by atoms with Crippen molar-refractivity contribution in [2.24, 2.45) is 0 Å². The van der Waals surface area contributed by atoms with Crippen LogP contribution in [0.3, 0.4) is 0 Å². The van der Waals surface area contributed by atoms with Crippen molar-refractivity contribution in [2.75, 3.05) is 53.3 Å². The van der Waals surface area contributed by atoms with Crippen LogP contribution in [0.2, 0.25) is 0 Å². The van der Waals surface area contributed by atoms with Crippen LogP contribution in [-0.2, 0) is 4.57 Å². The average molecular weight is 338 g/mol. The van der Waals surface area contributed by atoms with Crippen molar-refractivity contribution >= 4 is 27.4 Å². The lowest BCUT2D eigenvalue weighted by atomic mass is 10.4. The van der Waals surface area contributed by atoms with Gasteiger partial charge in [-0.15, -0.1) is 0 Å². The van der Waals surface area contributed by atoms with E-state index in [0.29, 0.717) is 0 Å². The molecular weight excluding hydrogens is 309 g/mol. The SMILES string of the molecule is C[P+](C)(C)C.C[P+](C)(C)C.O=P([O-])([O-])c1ccccc1. The maximum atomic E-state index is 10.3. The summed E-state index contributed by atoms with van der Waals surface area (Å²) in [4.78, 5) is 20.6. The summed E-state index contributed by atoms with van der Waals surface area (Å²) in [6.45, 7) is 18.4. The summed E-state index contributed by atoms with van der Waals surface area (Å²) in [6, 6.07) is 7.23. The van der Waals surface area contributed by atoms with Gasteiger partial charge in [-0.25, -0.2) is 0 Å². The zero-order chi connectivity index (χ0) is 16.6. The summed E-state index contributed by atoms with van der Waals surface area (Å²) in [6.07, 6.45) is 0. The lowest BCUT2D eigenvalue weighted by Crippen LogP contribution is -2.24. The smallest absolute Gasteiger partial charge is 0.0481 e. The lowest BCUT2D eigenvalue weighted by Gasteiger charge is -2.29. The van der Waals surface area contributed by atoms with Gasteiger partial charge in [0.2, 0.25) is 0 Å². The molecule has 0 aliphatic heterocycles. The zero-order valence-corrected chi connectivity index (χ0v) is 16.6. The van der Waals surface area contributed by atoms with Crippen LogP contribution in [0.4, 0.5) is 0 Å². The summed E-state index contributed by atoms with van der Waals surface area (Å²) >= 11 is 0. The molecule has 20 heavy (non-hydrogen) atoms. The normalized spacial score (nSPS) is 11.7. The van der Waals surface area contributed by atoms with Crippen LogP contribution in [0.5, 0.6) is 0 Å². The molecule has 0 amide bonds. The second kappa shape index (κ2) is 9.29. The van der Waals surface area contributed by atoms with Gasteiger partial charge in [0.25, 0.3) is 0 Å². The molecule has 1 rings (SSSR count). The first kappa shape index (κ1) is 22.5.